The Hall–Kier alpha value is -0.910. The molecule has 0 aliphatic carbocycles. The van der Waals surface area contributed by atoms with Crippen molar-refractivity contribution in [3.8, 4) is 0 Å². The highest BCUT2D eigenvalue weighted by molar-refractivity contribution is 9.10. The molecule has 0 aliphatic rings. The summed E-state index contributed by atoms with van der Waals surface area (Å²) < 4.78 is 6.04. The van der Waals surface area contributed by atoms with Gasteiger partial charge in [0.25, 0.3) is 0 Å². The number of ether oxygens (including phenoxy) is 1. The monoisotopic (exact) mass is 315 g/mol. The molecule has 0 aromatic heterocycles. The Kier molecular flexibility index (Phi) is 6.93. The maximum Gasteiger partial charge on any atom is 0.247 e. The zero-order valence-corrected chi connectivity index (χ0v) is 12.2. The predicted octanol–water partition coefficient (Wildman–Crippen LogP) is 2.32. The van der Waals surface area contributed by atoms with Crippen molar-refractivity contribution < 1.29 is 14.4 Å². The van der Waals surface area contributed by atoms with Crippen molar-refractivity contribution in [2.75, 3.05) is 20.8 Å². The van der Waals surface area contributed by atoms with Crippen molar-refractivity contribution in [1.29, 1.82) is 0 Å². The van der Waals surface area contributed by atoms with Crippen LogP contribution in [0.4, 0.5) is 0 Å². The van der Waals surface area contributed by atoms with E-state index < -0.39 is 0 Å². The molecule has 0 fully saturated rings. The Balaban J connectivity index is 2.68. The summed E-state index contributed by atoms with van der Waals surface area (Å²) in [5.74, 6) is -0.270. The number of halogens is 1. The van der Waals surface area contributed by atoms with Crippen LogP contribution in [0, 0.1) is 5.92 Å². The van der Waals surface area contributed by atoms with Crippen LogP contribution < -0.4 is 5.48 Å². The number of carbonyl (C=O) groups is 1. The van der Waals surface area contributed by atoms with Crippen molar-refractivity contribution >= 4 is 21.8 Å². The molecule has 5 heteroatoms. The van der Waals surface area contributed by atoms with Gasteiger partial charge in [-0.15, -0.1) is 0 Å². The third-order valence-corrected chi connectivity index (χ3v) is 3.11. The molecule has 100 valence electrons. The number of hydroxylamine groups is 1. The highest BCUT2D eigenvalue weighted by Crippen LogP contribution is 2.17. The van der Waals surface area contributed by atoms with Crippen LogP contribution in [0.2, 0.25) is 0 Å². The van der Waals surface area contributed by atoms with E-state index in [2.05, 4.69) is 26.2 Å². The average molecular weight is 316 g/mol. The second-order valence-corrected chi connectivity index (χ2v) is 4.90. The molecule has 0 heterocycles. The van der Waals surface area contributed by atoms with Gasteiger partial charge in [-0.1, -0.05) is 28.1 Å². The van der Waals surface area contributed by atoms with Crippen LogP contribution in [-0.4, -0.2) is 26.7 Å². The Morgan fingerprint density at radius 2 is 2.22 bits per heavy atom. The fourth-order valence-electron chi connectivity index (χ4n) is 1.72. The van der Waals surface area contributed by atoms with E-state index in [0.717, 1.165) is 10.0 Å². The van der Waals surface area contributed by atoms with Crippen molar-refractivity contribution in [2.45, 2.75) is 12.8 Å². The highest BCUT2D eigenvalue weighted by Gasteiger charge is 2.18. The fraction of sp³-hybridized carbons (Fsp3) is 0.462. The summed E-state index contributed by atoms with van der Waals surface area (Å²) in [6.07, 6.45) is 1.33. The highest BCUT2D eigenvalue weighted by atomic mass is 79.9. The molecule has 0 bridgehead atoms. The first-order valence-electron chi connectivity index (χ1n) is 5.73. The molecule has 4 nitrogen and oxygen atoms in total. The lowest BCUT2D eigenvalue weighted by Gasteiger charge is -2.15. The zero-order valence-electron chi connectivity index (χ0n) is 10.6. The average Bonchev–Trinajstić information content (AvgIpc) is 2.34. The summed E-state index contributed by atoms with van der Waals surface area (Å²) in [4.78, 5) is 16.5. The molecule has 0 spiro atoms. The number of amides is 1. The molecule has 0 radical (unpaired) electrons. The number of rotatable bonds is 7. The van der Waals surface area contributed by atoms with Gasteiger partial charge in [0.05, 0.1) is 7.11 Å². The van der Waals surface area contributed by atoms with Gasteiger partial charge >= 0.3 is 0 Å². The van der Waals surface area contributed by atoms with Gasteiger partial charge in [0.2, 0.25) is 5.91 Å². The van der Waals surface area contributed by atoms with Gasteiger partial charge in [-0.05, 0) is 30.5 Å². The van der Waals surface area contributed by atoms with Crippen molar-refractivity contribution in [3.05, 3.63) is 34.3 Å². The van der Waals surface area contributed by atoms with Gasteiger partial charge in [0.15, 0.2) is 0 Å². The number of hydrogen-bond acceptors (Lipinski definition) is 3. The van der Waals surface area contributed by atoms with Crippen molar-refractivity contribution in [2.24, 2.45) is 5.92 Å². The second kappa shape index (κ2) is 8.24. The summed E-state index contributed by atoms with van der Waals surface area (Å²) in [5.41, 5.74) is 3.49. The summed E-state index contributed by atoms with van der Waals surface area (Å²) in [6.45, 7) is 0.551. The van der Waals surface area contributed by atoms with E-state index in [1.165, 1.54) is 7.11 Å². The Bertz CT molecular complexity index is 384. The molecule has 0 saturated carbocycles. The molecular weight excluding hydrogens is 298 g/mol. The van der Waals surface area contributed by atoms with E-state index in [1.807, 2.05) is 24.3 Å². The number of methoxy groups -OCH3 is 1. The number of hydrogen-bond donors (Lipinski definition) is 1. The maximum atomic E-state index is 11.8. The Morgan fingerprint density at radius 1 is 1.44 bits per heavy atom. The van der Waals surface area contributed by atoms with E-state index >= 15 is 0 Å². The topological polar surface area (TPSA) is 47.6 Å². The number of nitrogens with one attached hydrogen (secondary N) is 1. The van der Waals surface area contributed by atoms with Gasteiger partial charge in [0.1, 0.15) is 0 Å². The first-order valence-corrected chi connectivity index (χ1v) is 6.53. The van der Waals surface area contributed by atoms with Crippen LogP contribution in [0.1, 0.15) is 12.0 Å². The largest absolute Gasteiger partial charge is 0.385 e. The molecule has 0 saturated heterocycles. The van der Waals surface area contributed by atoms with Crippen LogP contribution in [0.3, 0.4) is 0 Å². The molecule has 1 N–H and O–H groups in total. The molecule has 18 heavy (non-hydrogen) atoms. The van der Waals surface area contributed by atoms with Crippen molar-refractivity contribution in [3.63, 3.8) is 0 Å². The Labute approximate surface area is 116 Å². The number of benzene rings is 1. The summed E-state index contributed by atoms with van der Waals surface area (Å²) >= 11 is 3.42. The van der Waals surface area contributed by atoms with Gasteiger partial charge in [-0.25, -0.2) is 5.48 Å². The SMILES string of the molecule is COCC[C@H](Cc1cccc(Br)c1)C(=O)NOC. The lowest BCUT2D eigenvalue weighted by molar-refractivity contribution is -0.136. The van der Waals surface area contributed by atoms with Crippen LogP contribution in [0.25, 0.3) is 0 Å². The van der Waals surface area contributed by atoms with Crippen LogP contribution >= 0.6 is 15.9 Å². The summed E-state index contributed by atoms with van der Waals surface area (Å²) in [5, 5.41) is 0. The third kappa shape index (κ3) is 5.16. The normalized spacial score (nSPS) is 12.2. The van der Waals surface area contributed by atoms with Crippen LogP contribution in [0.5, 0.6) is 0 Å². The van der Waals surface area contributed by atoms with Gasteiger partial charge < -0.3 is 4.74 Å². The van der Waals surface area contributed by atoms with E-state index in [1.54, 1.807) is 7.11 Å². The first kappa shape index (κ1) is 15.1. The van der Waals surface area contributed by atoms with E-state index in [0.29, 0.717) is 19.4 Å². The standard InChI is InChI=1S/C13H18BrNO3/c1-17-7-6-11(13(16)15-18-2)8-10-4-3-5-12(14)9-10/h3-5,9,11H,6-8H2,1-2H3,(H,15,16)/t11-/m1/s1. The zero-order chi connectivity index (χ0) is 13.4. The van der Waals surface area contributed by atoms with Crippen molar-refractivity contribution in [1.82, 2.24) is 5.48 Å². The molecule has 1 rings (SSSR count). The van der Waals surface area contributed by atoms with Crippen LogP contribution in [0.15, 0.2) is 28.7 Å². The number of carbonyl (C=O) groups excluding carboxylic acids is 1. The summed E-state index contributed by atoms with van der Waals surface area (Å²) in [6, 6.07) is 7.94. The van der Waals surface area contributed by atoms with E-state index in [4.69, 9.17) is 4.74 Å². The lowest BCUT2D eigenvalue weighted by atomic mass is 9.96. The fourth-order valence-corrected chi connectivity index (χ4v) is 2.16. The van der Waals surface area contributed by atoms with E-state index in [9.17, 15) is 4.79 Å². The van der Waals surface area contributed by atoms with Gasteiger partial charge in [-0.2, -0.15) is 0 Å². The third-order valence-electron chi connectivity index (χ3n) is 2.62. The molecule has 1 aromatic rings. The Morgan fingerprint density at radius 3 is 2.83 bits per heavy atom. The first-order chi connectivity index (χ1) is 8.67. The molecule has 1 aromatic carbocycles. The molecule has 0 unspecified atom stereocenters. The van der Waals surface area contributed by atoms with Gasteiger partial charge in [-0.3, -0.25) is 9.63 Å². The molecular formula is C13H18BrNO3. The minimum absolute atomic E-state index is 0.116. The van der Waals surface area contributed by atoms with Crippen LogP contribution in [-0.2, 0) is 20.8 Å². The molecule has 1 amide bonds. The van der Waals surface area contributed by atoms with Gasteiger partial charge in [0, 0.05) is 24.1 Å². The minimum Gasteiger partial charge on any atom is -0.385 e. The smallest absolute Gasteiger partial charge is 0.247 e. The second-order valence-electron chi connectivity index (χ2n) is 3.98. The quantitative estimate of drug-likeness (QED) is 0.786. The lowest BCUT2D eigenvalue weighted by Crippen LogP contribution is -2.31. The van der Waals surface area contributed by atoms with E-state index in [-0.39, 0.29) is 11.8 Å². The summed E-state index contributed by atoms with van der Waals surface area (Å²) in [7, 11) is 3.06. The molecule has 0 aliphatic heterocycles. The molecule has 1 atom stereocenters. The minimum atomic E-state index is -0.154. The maximum absolute atomic E-state index is 11.8. The predicted molar refractivity (Wildman–Crippen MR) is 73.0 cm³/mol.